The van der Waals surface area contributed by atoms with Crippen LogP contribution in [0.3, 0.4) is 0 Å². The van der Waals surface area contributed by atoms with Gasteiger partial charge in [0.25, 0.3) is 0 Å². The summed E-state index contributed by atoms with van der Waals surface area (Å²) in [6.45, 7) is 4.14. The number of ether oxygens (including phenoxy) is 4. The van der Waals surface area contributed by atoms with Crippen LogP contribution in [0.5, 0.6) is 11.5 Å². The molecule has 1 aromatic carbocycles. The van der Waals surface area contributed by atoms with E-state index in [-0.39, 0.29) is 0 Å². The Balaban J connectivity index is 2.04. The van der Waals surface area contributed by atoms with Crippen LogP contribution in [0, 0.1) is 0 Å². The summed E-state index contributed by atoms with van der Waals surface area (Å²) >= 11 is 0. The molecule has 0 aromatic heterocycles. The third kappa shape index (κ3) is 4.18. The molecule has 5 heteroatoms. The van der Waals surface area contributed by atoms with Crippen LogP contribution in [0.4, 0.5) is 4.79 Å². The van der Waals surface area contributed by atoms with E-state index >= 15 is 0 Å². The van der Waals surface area contributed by atoms with Crippen molar-refractivity contribution in [2.75, 3.05) is 7.11 Å². The second-order valence-electron chi connectivity index (χ2n) is 5.58. The molecule has 1 aliphatic rings. The standard InChI is InChI=1S/C18H24O5/c1-4-11-18(12-5-2)16(22-17(19)23-18)10-13-21-15-8-6-14(20-3)7-9-15/h6-10,13,16H,4-5,11-12H2,1-3H3. The van der Waals surface area contributed by atoms with Gasteiger partial charge in [-0.25, -0.2) is 4.79 Å². The Morgan fingerprint density at radius 1 is 1.13 bits per heavy atom. The van der Waals surface area contributed by atoms with Crippen LogP contribution in [0.25, 0.3) is 0 Å². The maximum atomic E-state index is 11.6. The Labute approximate surface area is 137 Å². The molecule has 1 atom stereocenters. The highest BCUT2D eigenvalue weighted by atomic mass is 16.8. The van der Waals surface area contributed by atoms with Crippen molar-refractivity contribution in [3.8, 4) is 11.5 Å². The Bertz CT molecular complexity index is 529. The van der Waals surface area contributed by atoms with Gasteiger partial charge in [-0.2, -0.15) is 0 Å². The lowest BCUT2D eigenvalue weighted by molar-refractivity contribution is 0.0251. The number of hydrogen-bond donors (Lipinski definition) is 0. The smallest absolute Gasteiger partial charge is 0.497 e. The van der Waals surface area contributed by atoms with Gasteiger partial charge in [0.2, 0.25) is 0 Å². The second kappa shape index (κ2) is 7.90. The van der Waals surface area contributed by atoms with Gasteiger partial charge in [-0.3, -0.25) is 0 Å². The molecule has 126 valence electrons. The van der Waals surface area contributed by atoms with E-state index in [0.717, 1.165) is 31.4 Å². The average molecular weight is 320 g/mol. The van der Waals surface area contributed by atoms with Gasteiger partial charge >= 0.3 is 6.16 Å². The summed E-state index contributed by atoms with van der Waals surface area (Å²) in [6.07, 6.45) is 5.64. The fourth-order valence-electron chi connectivity index (χ4n) is 2.88. The Hall–Kier alpha value is -2.17. The molecule has 0 spiro atoms. The summed E-state index contributed by atoms with van der Waals surface area (Å²) in [7, 11) is 1.62. The van der Waals surface area contributed by atoms with E-state index in [2.05, 4.69) is 13.8 Å². The summed E-state index contributed by atoms with van der Waals surface area (Å²) < 4.78 is 21.5. The van der Waals surface area contributed by atoms with Gasteiger partial charge in [-0.05, 0) is 43.2 Å². The van der Waals surface area contributed by atoms with Crippen LogP contribution in [-0.4, -0.2) is 25.0 Å². The number of rotatable bonds is 8. The van der Waals surface area contributed by atoms with Crippen LogP contribution in [0.1, 0.15) is 39.5 Å². The SMILES string of the molecule is CCCC1(CCC)OC(=O)OC1C=COc1ccc(OC)cc1. The van der Waals surface area contributed by atoms with Gasteiger partial charge in [-0.1, -0.05) is 26.7 Å². The lowest BCUT2D eigenvalue weighted by atomic mass is 9.87. The van der Waals surface area contributed by atoms with Gasteiger partial charge in [0.1, 0.15) is 11.5 Å². The number of carbonyl (C=O) groups excluding carboxylic acids is 1. The molecule has 1 heterocycles. The van der Waals surface area contributed by atoms with E-state index in [4.69, 9.17) is 18.9 Å². The summed E-state index contributed by atoms with van der Waals surface area (Å²) in [6, 6.07) is 7.26. The predicted molar refractivity (Wildman–Crippen MR) is 86.7 cm³/mol. The molecule has 0 N–H and O–H groups in total. The molecule has 0 radical (unpaired) electrons. The van der Waals surface area contributed by atoms with Gasteiger partial charge < -0.3 is 18.9 Å². The summed E-state index contributed by atoms with van der Waals surface area (Å²) in [5.41, 5.74) is -0.583. The summed E-state index contributed by atoms with van der Waals surface area (Å²) in [4.78, 5) is 11.6. The molecule has 0 saturated carbocycles. The van der Waals surface area contributed by atoms with Crippen molar-refractivity contribution in [2.24, 2.45) is 0 Å². The van der Waals surface area contributed by atoms with Crippen molar-refractivity contribution in [3.05, 3.63) is 36.6 Å². The minimum Gasteiger partial charge on any atom is -0.497 e. The van der Waals surface area contributed by atoms with Crippen molar-refractivity contribution in [2.45, 2.75) is 51.2 Å². The van der Waals surface area contributed by atoms with Crippen LogP contribution in [0.2, 0.25) is 0 Å². The molecule has 0 bridgehead atoms. The van der Waals surface area contributed by atoms with E-state index in [1.54, 1.807) is 19.4 Å². The van der Waals surface area contributed by atoms with E-state index in [0.29, 0.717) is 5.75 Å². The van der Waals surface area contributed by atoms with Gasteiger partial charge in [0, 0.05) is 0 Å². The number of methoxy groups -OCH3 is 1. The summed E-state index contributed by atoms with van der Waals surface area (Å²) in [5.74, 6) is 1.45. The Morgan fingerprint density at radius 3 is 2.30 bits per heavy atom. The molecule has 5 nitrogen and oxygen atoms in total. The molecule has 1 aromatic rings. The van der Waals surface area contributed by atoms with Crippen LogP contribution < -0.4 is 9.47 Å². The lowest BCUT2D eigenvalue weighted by Gasteiger charge is -2.28. The third-order valence-corrected chi connectivity index (χ3v) is 3.89. The zero-order valence-corrected chi connectivity index (χ0v) is 13.9. The van der Waals surface area contributed by atoms with E-state index in [1.807, 2.05) is 24.3 Å². The number of hydrogen-bond acceptors (Lipinski definition) is 5. The fourth-order valence-corrected chi connectivity index (χ4v) is 2.88. The molecule has 2 rings (SSSR count). The van der Waals surface area contributed by atoms with Gasteiger partial charge in [-0.15, -0.1) is 0 Å². The molecule has 1 aliphatic heterocycles. The maximum Gasteiger partial charge on any atom is 0.509 e. The molecular weight excluding hydrogens is 296 g/mol. The van der Waals surface area contributed by atoms with Gasteiger partial charge in [0.05, 0.1) is 13.4 Å². The first-order valence-electron chi connectivity index (χ1n) is 8.00. The highest BCUT2D eigenvalue weighted by Crippen LogP contribution is 2.36. The molecule has 0 aliphatic carbocycles. The molecular formula is C18H24O5. The van der Waals surface area contributed by atoms with Crippen LogP contribution in [-0.2, 0) is 9.47 Å². The first kappa shape index (κ1) is 17.2. The zero-order chi connectivity index (χ0) is 16.7. The molecule has 1 fully saturated rings. The van der Waals surface area contributed by atoms with Crippen molar-refractivity contribution in [3.63, 3.8) is 0 Å². The quantitative estimate of drug-likeness (QED) is 0.523. The fraction of sp³-hybridized carbons (Fsp3) is 0.500. The normalized spacial score (nSPS) is 19.4. The topological polar surface area (TPSA) is 54.0 Å². The average Bonchev–Trinajstić information content (AvgIpc) is 2.84. The highest BCUT2D eigenvalue weighted by Gasteiger charge is 2.48. The zero-order valence-electron chi connectivity index (χ0n) is 13.9. The molecule has 23 heavy (non-hydrogen) atoms. The highest BCUT2D eigenvalue weighted by molar-refractivity contribution is 5.64. The minimum absolute atomic E-state index is 0.423. The van der Waals surface area contributed by atoms with Crippen molar-refractivity contribution in [1.82, 2.24) is 0 Å². The number of cyclic esters (lactones) is 2. The van der Waals surface area contributed by atoms with Crippen molar-refractivity contribution in [1.29, 1.82) is 0 Å². The first-order chi connectivity index (χ1) is 11.1. The van der Waals surface area contributed by atoms with Crippen molar-refractivity contribution >= 4 is 6.16 Å². The van der Waals surface area contributed by atoms with Crippen LogP contribution >= 0.6 is 0 Å². The Kier molecular flexibility index (Phi) is 5.90. The molecule has 0 amide bonds. The lowest BCUT2D eigenvalue weighted by Crippen LogP contribution is -2.38. The first-order valence-corrected chi connectivity index (χ1v) is 8.00. The number of carbonyl (C=O) groups is 1. The van der Waals surface area contributed by atoms with Gasteiger partial charge in [0.15, 0.2) is 11.7 Å². The van der Waals surface area contributed by atoms with Crippen molar-refractivity contribution < 1.29 is 23.7 Å². The summed E-state index contributed by atoms with van der Waals surface area (Å²) in [5, 5.41) is 0. The number of benzene rings is 1. The maximum absolute atomic E-state index is 11.6. The predicted octanol–water partition coefficient (Wildman–Crippen LogP) is 4.46. The molecule has 1 saturated heterocycles. The van der Waals surface area contributed by atoms with E-state index in [1.165, 1.54) is 0 Å². The third-order valence-electron chi connectivity index (χ3n) is 3.89. The Morgan fingerprint density at radius 2 is 1.74 bits per heavy atom. The largest absolute Gasteiger partial charge is 0.509 e. The monoisotopic (exact) mass is 320 g/mol. The second-order valence-corrected chi connectivity index (χ2v) is 5.58. The van der Waals surface area contributed by atoms with E-state index < -0.39 is 17.9 Å². The minimum atomic E-state index is -0.606. The van der Waals surface area contributed by atoms with Crippen LogP contribution in [0.15, 0.2) is 36.6 Å². The molecule has 1 unspecified atom stereocenters. The van der Waals surface area contributed by atoms with E-state index in [9.17, 15) is 4.79 Å².